The molecule has 4 rings (SSSR count). The number of benzene rings is 1. The van der Waals surface area contributed by atoms with Gasteiger partial charge in [0.15, 0.2) is 5.58 Å². The number of likely N-dealkylation sites (tertiary alicyclic amines) is 1. The molecule has 2 aromatic rings. The smallest absolute Gasteiger partial charge is 0.408 e. The highest BCUT2D eigenvalue weighted by Gasteiger charge is 2.27. The van der Waals surface area contributed by atoms with Crippen molar-refractivity contribution in [3.8, 4) is 0 Å². The van der Waals surface area contributed by atoms with Crippen LogP contribution in [0.4, 0.5) is 0 Å². The summed E-state index contributed by atoms with van der Waals surface area (Å²) in [6.07, 6.45) is 7.04. The second-order valence-electron chi connectivity index (χ2n) is 7.90. The molecule has 1 aromatic carbocycles. The topological polar surface area (TPSA) is 84.5 Å². The largest absolute Gasteiger partial charge is 0.419 e. The van der Waals surface area contributed by atoms with Gasteiger partial charge in [-0.3, -0.25) is 4.57 Å². The Labute approximate surface area is 159 Å². The van der Waals surface area contributed by atoms with Crippen LogP contribution in [0.2, 0.25) is 0 Å². The first-order chi connectivity index (χ1) is 12.9. The quantitative estimate of drug-likeness (QED) is 0.841. The zero-order valence-electron chi connectivity index (χ0n) is 15.7. The molecule has 0 amide bonds. The predicted octanol–water partition coefficient (Wildman–Crippen LogP) is 2.06. The van der Waals surface area contributed by atoms with Gasteiger partial charge in [0.25, 0.3) is 0 Å². The SMILES string of the molecule is Cn1c(=O)oc2cc(S(=O)(=O)NC3CCN(CC4CCCC4)CC3)ccc21. The summed E-state index contributed by atoms with van der Waals surface area (Å²) in [5, 5.41) is 0. The fraction of sp³-hybridized carbons (Fsp3) is 0.632. The molecule has 7 nitrogen and oxygen atoms in total. The van der Waals surface area contributed by atoms with Gasteiger partial charge in [-0.25, -0.2) is 17.9 Å². The number of oxazole rings is 1. The molecule has 2 aliphatic rings. The van der Waals surface area contributed by atoms with Crippen molar-refractivity contribution in [1.82, 2.24) is 14.2 Å². The lowest BCUT2D eigenvalue weighted by Gasteiger charge is -2.33. The van der Waals surface area contributed by atoms with E-state index in [2.05, 4.69) is 9.62 Å². The summed E-state index contributed by atoms with van der Waals surface area (Å²) in [6, 6.07) is 4.51. The van der Waals surface area contributed by atoms with E-state index in [9.17, 15) is 13.2 Å². The van der Waals surface area contributed by atoms with Crippen molar-refractivity contribution < 1.29 is 12.8 Å². The van der Waals surface area contributed by atoms with Crippen LogP contribution in [0.3, 0.4) is 0 Å². The van der Waals surface area contributed by atoms with Crippen molar-refractivity contribution in [2.45, 2.75) is 49.5 Å². The van der Waals surface area contributed by atoms with E-state index in [0.717, 1.165) is 38.4 Å². The summed E-state index contributed by atoms with van der Waals surface area (Å²) in [5.74, 6) is 0.327. The third kappa shape index (κ3) is 3.97. The van der Waals surface area contributed by atoms with Crippen LogP contribution in [0.1, 0.15) is 38.5 Å². The van der Waals surface area contributed by atoms with Crippen LogP contribution in [0, 0.1) is 5.92 Å². The third-order valence-electron chi connectivity index (χ3n) is 5.97. The number of rotatable bonds is 5. The summed E-state index contributed by atoms with van der Waals surface area (Å²) < 4.78 is 34.8. The molecular formula is C19H27N3O4S. The number of fused-ring (bicyclic) bond motifs is 1. The number of hydrogen-bond donors (Lipinski definition) is 1. The fourth-order valence-corrected chi connectivity index (χ4v) is 5.68. The molecule has 2 heterocycles. The van der Waals surface area contributed by atoms with Gasteiger partial charge in [-0.05, 0) is 56.8 Å². The van der Waals surface area contributed by atoms with Crippen LogP contribution in [0.25, 0.3) is 11.1 Å². The lowest BCUT2D eigenvalue weighted by Crippen LogP contribution is -2.45. The summed E-state index contributed by atoms with van der Waals surface area (Å²) in [5.41, 5.74) is 0.871. The summed E-state index contributed by atoms with van der Waals surface area (Å²) in [6.45, 7) is 3.04. The highest BCUT2D eigenvalue weighted by atomic mass is 32.2. The highest BCUT2D eigenvalue weighted by molar-refractivity contribution is 7.89. The van der Waals surface area contributed by atoms with Crippen LogP contribution >= 0.6 is 0 Å². The summed E-state index contributed by atoms with van der Waals surface area (Å²) in [7, 11) is -2.04. The Morgan fingerprint density at radius 3 is 2.56 bits per heavy atom. The Hall–Kier alpha value is -1.64. The predicted molar refractivity (Wildman–Crippen MR) is 103 cm³/mol. The molecule has 0 atom stereocenters. The van der Waals surface area contributed by atoms with E-state index in [1.54, 1.807) is 13.1 Å². The second-order valence-corrected chi connectivity index (χ2v) is 9.62. The zero-order valence-corrected chi connectivity index (χ0v) is 16.5. The van der Waals surface area contributed by atoms with Gasteiger partial charge in [-0.1, -0.05) is 12.8 Å². The molecule has 1 aliphatic carbocycles. The molecule has 0 bridgehead atoms. The molecule has 27 heavy (non-hydrogen) atoms. The number of nitrogens with zero attached hydrogens (tertiary/aromatic N) is 2. The Balaban J connectivity index is 1.39. The van der Waals surface area contributed by atoms with Gasteiger partial charge in [0, 0.05) is 25.7 Å². The van der Waals surface area contributed by atoms with E-state index in [0.29, 0.717) is 5.52 Å². The first kappa shape index (κ1) is 18.7. The summed E-state index contributed by atoms with van der Waals surface area (Å²) in [4.78, 5) is 14.2. The normalized spacial score (nSPS) is 20.6. The maximum Gasteiger partial charge on any atom is 0.419 e. The average molecular weight is 394 g/mol. The van der Waals surface area contributed by atoms with Gasteiger partial charge in [0.2, 0.25) is 10.0 Å². The van der Waals surface area contributed by atoms with Crippen molar-refractivity contribution in [3.05, 3.63) is 28.7 Å². The van der Waals surface area contributed by atoms with Crippen LogP contribution in [-0.4, -0.2) is 43.6 Å². The number of hydrogen-bond acceptors (Lipinski definition) is 5. The summed E-state index contributed by atoms with van der Waals surface area (Å²) >= 11 is 0. The van der Waals surface area contributed by atoms with E-state index >= 15 is 0 Å². The fourth-order valence-electron chi connectivity index (χ4n) is 4.36. The van der Waals surface area contributed by atoms with Crippen molar-refractivity contribution >= 4 is 21.1 Å². The molecule has 0 spiro atoms. The highest BCUT2D eigenvalue weighted by Crippen LogP contribution is 2.27. The van der Waals surface area contributed by atoms with Crippen molar-refractivity contribution in [3.63, 3.8) is 0 Å². The van der Waals surface area contributed by atoms with Gasteiger partial charge >= 0.3 is 5.76 Å². The minimum Gasteiger partial charge on any atom is -0.408 e. The maximum absolute atomic E-state index is 12.7. The van der Waals surface area contributed by atoms with Crippen LogP contribution in [-0.2, 0) is 17.1 Å². The molecular weight excluding hydrogens is 366 g/mol. The minimum atomic E-state index is -3.63. The van der Waals surface area contributed by atoms with E-state index in [-0.39, 0.29) is 16.5 Å². The van der Waals surface area contributed by atoms with Gasteiger partial charge in [-0.2, -0.15) is 0 Å². The van der Waals surface area contributed by atoms with Gasteiger partial charge in [0.1, 0.15) is 0 Å². The van der Waals surface area contributed by atoms with Gasteiger partial charge < -0.3 is 9.32 Å². The van der Waals surface area contributed by atoms with E-state index < -0.39 is 15.8 Å². The lowest BCUT2D eigenvalue weighted by atomic mass is 10.0. The molecule has 1 aromatic heterocycles. The van der Waals surface area contributed by atoms with E-state index in [1.165, 1.54) is 42.4 Å². The van der Waals surface area contributed by atoms with Crippen LogP contribution in [0.5, 0.6) is 0 Å². The number of nitrogens with one attached hydrogen (secondary N) is 1. The van der Waals surface area contributed by atoms with E-state index in [4.69, 9.17) is 4.42 Å². The second kappa shape index (κ2) is 7.41. The molecule has 8 heteroatoms. The van der Waals surface area contributed by atoms with Crippen molar-refractivity contribution in [1.29, 1.82) is 0 Å². The lowest BCUT2D eigenvalue weighted by molar-refractivity contribution is 0.180. The Morgan fingerprint density at radius 1 is 1.15 bits per heavy atom. The zero-order chi connectivity index (χ0) is 19.0. The molecule has 1 saturated carbocycles. The number of sulfonamides is 1. The molecule has 0 unspecified atom stereocenters. The standard InChI is InChI=1S/C19H27N3O4S/c1-21-17-7-6-16(12-18(17)26-19(21)23)27(24,25)20-15-8-10-22(11-9-15)13-14-4-2-3-5-14/h6-7,12,14-15,20H,2-5,8-11,13H2,1H3. The third-order valence-corrected chi connectivity index (χ3v) is 7.49. The van der Waals surface area contributed by atoms with Gasteiger partial charge in [0.05, 0.1) is 10.4 Å². The maximum atomic E-state index is 12.7. The Morgan fingerprint density at radius 2 is 1.85 bits per heavy atom. The first-order valence-corrected chi connectivity index (χ1v) is 11.2. The van der Waals surface area contributed by atoms with Crippen LogP contribution in [0.15, 0.2) is 32.3 Å². The number of aromatic nitrogens is 1. The Kier molecular flexibility index (Phi) is 5.13. The van der Waals surface area contributed by atoms with Crippen molar-refractivity contribution in [2.75, 3.05) is 19.6 Å². The molecule has 1 saturated heterocycles. The number of piperidine rings is 1. The van der Waals surface area contributed by atoms with E-state index in [1.807, 2.05) is 0 Å². The van der Waals surface area contributed by atoms with Crippen molar-refractivity contribution in [2.24, 2.45) is 13.0 Å². The Bertz CT molecular complexity index is 964. The average Bonchev–Trinajstić information content (AvgIpc) is 3.25. The molecule has 148 valence electrons. The molecule has 0 radical (unpaired) electrons. The van der Waals surface area contributed by atoms with Gasteiger partial charge in [-0.15, -0.1) is 0 Å². The van der Waals surface area contributed by atoms with Crippen LogP contribution < -0.4 is 10.5 Å². The monoisotopic (exact) mass is 393 g/mol. The molecule has 2 fully saturated rings. The minimum absolute atomic E-state index is 0.0479. The molecule has 1 aliphatic heterocycles. The number of aryl methyl sites for hydroxylation is 1. The molecule has 1 N–H and O–H groups in total. The first-order valence-electron chi connectivity index (χ1n) is 9.77.